The summed E-state index contributed by atoms with van der Waals surface area (Å²) in [6.07, 6.45) is 2.40. The number of phenolic OH excluding ortho intramolecular Hbond substituents is 1. The fourth-order valence-corrected chi connectivity index (χ4v) is 3.07. The third-order valence-electron chi connectivity index (χ3n) is 4.30. The van der Waals surface area contributed by atoms with Gasteiger partial charge >= 0.3 is 0 Å². The maximum atomic E-state index is 12.8. The third kappa shape index (κ3) is 1.80. The van der Waals surface area contributed by atoms with Crippen LogP contribution >= 0.6 is 0 Å². The van der Waals surface area contributed by atoms with E-state index in [1.165, 1.54) is 0 Å². The number of H-pyrrole nitrogens is 2. The van der Waals surface area contributed by atoms with E-state index in [4.69, 9.17) is 0 Å². The highest BCUT2D eigenvalue weighted by atomic mass is 16.3. The quantitative estimate of drug-likeness (QED) is 0.677. The van der Waals surface area contributed by atoms with Crippen molar-refractivity contribution in [3.63, 3.8) is 0 Å². The number of aryl methyl sites for hydroxylation is 1. The van der Waals surface area contributed by atoms with Crippen molar-refractivity contribution in [2.45, 2.75) is 19.9 Å². The highest BCUT2D eigenvalue weighted by Gasteiger charge is 2.29. The molecule has 112 valence electrons. The van der Waals surface area contributed by atoms with E-state index < -0.39 is 0 Å². The average Bonchev–Trinajstić information content (AvgIpc) is 3.07. The molecule has 1 aromatic carbocycles. The molecule has 0 atom stereocenters. The van der Waals surface area contributed by atoms with Gasteiger partial charge in [-0.05, 0) is 13.0 Å². The number of aromatic amines is 2. The zero-order chi connectivity index (χ0) is 15.3. The van der Waals surface area contributed by atoms with Crippen molar-refractivity contribution in [1.29, 1.82) is 0 Å². The molecule has 6 nitrogen and oxygen atoms in total. The third-order valence-corrected chi connectivity index (χ3v) is 4.30. The second kappa shape index (κ2) is 4.62. The number of phenols is 1. The lowest BCUT2D eigenvalue weighted by molar-refractivity contribution is 0.0726. The summed E-state index contributed by atoms with van der Waals surface area (Å²) in [5.74, 6) is 0.162. The summed E-state index contributed by atoms with van der Waals surface area (Å²) < 4.78 is 0. The normalized spacial score (nSPS) is 14.6. The smallest absolute Gasteiger partial charge is 0.256 e. The van der Waals surface area contributed by atoms with E-state index in [1.54, 1.807) is 18.5 Å². The number of carbonyl (C=O) groups is 1. The van der Waals surface area contributed by atoms with Gasteiger partial charge in [0.15, 0.2) is 0 Å². The monoisotopic (exact) mass is 296 g/mol. The molecule has 1 aliphatic rings. The molecule has 6 heteroatoms. The molecule has 3 aromatic rings. The molecule has 1 amide bonds. The van der Waals surface area contributed by atoms with E-state index in [-0.39, 0.29) is 11.7 Å². The molecule has 0 radical (unpaired) electrons. The summed E-state index contributed by atoms with van der Waals surface area (Å²) in [5, 5.41) is 10.7. The number of benzene rings is 1. The number of rotatable bonds is 2. The van der Waals surface area contributed by atoms with Crippen LogP contribution in [-0.2, 0) is 13.0 Å². The Bertz CT molecular complexity index is 878. The molecule has 3 heterocycles. The fraction of sp³-hybridized carbons (Fsp3) is 0.250. The van der Waals surface area contributed by atoms with E-state index >= 15 is 0 Å². The molecule has 0 unspecified atom stereocenters. The molecule has 0 bridgehead atoms. The predicted octanol–water partition coefficient (Wildman–Crippen LogP) is 2.10. The summed E-state index contributed by atoms with van der Waals surface area (Å²) in [5.41, 5.74) is 4.08. The number of hydrogen-bond donors (Lipinski definition) is 3. The van der Waals surface area contributed by atoms with Gasteiger partial charge in [-0.25, -0.2) is 4.98 Å². The molecular weight excluding hydrogens is 280 g/mol. The van der Waals surface area contributed by atoms with Gasteiger partial charge in [0.1, 0.15) is 5.75 Å². The van der Waals surface area contributed by atoms with Crippen molar-refractivity contribution in [3.8, 4) is 5.75 Å². The van der Waals surface area contributed by atoms with E-state index in [9.17, 15) is 9.90 Å². The Morgan fingerprint density at radius 2 is 2.27 bits per heavy atom. The van der Waals surface area contributed by atoms with Gasteiger partial charge in [-0.2, -0.15) is 0 Å². The summed E-state index contributed by atoms with van der Waals surface area (Å²) in [7, 11) is 0. The van der Waals surface area contributed by atoms with Crippen LogP contribution in [0.25, 0.3) is 10.9 Å². The first-order valence-electron chi connectivity index (χ1n) is 7.26. The van der Waals surface area contributed by atoms with Crippen molar-refractivity contribution in [3.05, 3.63) is 47.2 Å². The topological polar surface area (TPSA) is 85.0 Å². The van der Waals surface area contributed by atoms with Crippen molar-refractivity contribution in [2.24, 2.45) is 0 Å². The van der Waals surface area contributed by atoms with E-state index in [0.717, 1.165) is 28.9 Å². The highest BCUT2D eigenvalue weighted by Crippen LogP contribution is 2.32. The highest BCUT2D eigenvalue weighted by molar-refractivity contribution is 6.10. The number of amides is 1. The van der Waals surface area contributed by atoms with E-state index in [0.29, 0.717) is 24.2 Å². The van der Waals surface area contributed by atoms with Gasteiger partial charge in [0, 0.05) is 29.7 Å². The van der Waals surface area contributed by atoms with Gasteiger partial charge in [-0.3, -0.25) is 4.79 Å². The van der Waals surface area contributed by atoms with E-state index in [2.05, 4.69) is 15.0 Å². The van der Waals surface area contributed by atoms with E-state index in [1.807, 2.05) is 17.9 Å². The standard InChI is InChI=1S/C16H16N4O2/c1-9-12(18-8-17-9)7-20-6-5-11-14(16(20)22)10-3-2-4-13(21)15(10)19-11/h2-4,8,19,21H,5-7H2,1H3,(H,17,18). The summed E-state index contributed by atoms with van der Waals surface area (Å²) in [4.78, 5) is 25.1. The average molecular weight is 296 g/mol. The van der Waals surface area contributed by atoms with Crippen molar-refractivity contribution >= 4 is 16.8 Å². The Labute approximate surface area is 126 Å². The fourth-order valence-electron chi connectivity index (χ4n) is 3.07. The molecular formula is C16H16N4O2. The molecule has 0 aliphatic carbocycles. The second-order valence-electron chi connectivity index (χ2n) is 5.63. The Hall–Kier alpha value is -2.76. The lowest BCUT2D eigenvalue weighted by Gasteiger charge is -2.26. The lowest BCUT2D eigenvalue weighted by Crippen LogP contribution is -2.37. The number of hydrogen-bond acceptors (Lipinski definition) is 3. The SMILES string of the molecule is Cc1[nH]cnc1CN1CCc2[nH]c3c(O)cccc3c2C1=O. The minimum absolute atomic E-state index is 0.0134. The Morgan fingerprint density at radius 3 is 3.05 bits per heavy atom. The van der Waals surface area contributed by atoms with Crippen LogP contribution in [-0.4, -0.2) is 37.4 Å². The van der Waals surface area contributed by atoms with Gasteiger partial charge in [0.05, 0.1) is 29.6 Å². The van der Waals surface area contributed by atoms with Gasteiger partial charge in [-0.1, -0.05) is 12.1 Å². The number of fused-ring (bicyclic) bond motifs is 3. The van der Waals surface area contributed by atoms with Crippen LogP contribution < -0.4 is 0 Å². The van der Waals surface area contributed by atoms with Gasteiger partial charge in [-0.15, -0.1) is 0 Å². The van der Waals surface area contributed by atoms with Crippen LogP contribution in [0.5, 0.6) is 5.75 Å². The molecule has 0 spiro atoms. The maximum Gasteiger partial charge on any atom is 0.256 e. The molecule has 0 fully saturated rings. The van der Waals surface area contributed by atoms with Crippen LogP contribution in [0, 0.1) is 6.92 Å². The maximum absolute atomic E-state index is 12.8. The zero-order valence-corrected chi connectivity index (χ0v) is 12.2. The Balaban J connectivity index is 1.75. The summed E-state index contributed by atoms with van der Waals surface area (Å²) in [6.45, 7) is 3.09. The number of aromatic nitrogens is 3. The molecule has 1 aliphatic heterocycles. The molecule has 3 N–H and O–H groups in total. The number of aromatic hydroxyl groups is 1. The summed E-state index contributed by atoms with van der Waals surface area (Å²) in [6, 6.07) is 5.25. The Kier molecular flexibility index (Phi) is 2.72. The largest absolute Gasteiger partial charge is 0.506 e. The molecule has 0 saturated heterocycles. The molecule has 2 aromatic heterocycles. The van der Waals surface area contributed by atoms with Gasteiger partial charge in [0.25, 0.3) is 5.91 Å². The molecule has 0 saturated carbocycles. The first-order valence-corrected chi connectivity index (χ1v) is 7.26. The van der Waals surface area contributed by atoms with Crippen LogP contribution in [0.1, 0.15) is 27.4 Å². The molecule has 22 heavy (non-hydrogen) atoms. The van der Waals surface area contributed by atoms with Crippen molar-refractivity contribution in [2.75, 3.05) is 6.54 Å². The minimum Gasteiger partial charge on any atom is -0.506 e. The number of imidazole rings is 1. The first kappa shape index (κ1) is 12.9. The van der Waals surface area contributed by atoms with Crippen LogP contribution in [0.4, 0.5) is 0 Å². The van der Waals surface area contributed by atoms with Crippen LogP contribution in [0.15, 0.2) is 24.5 Å². The minimum atomic E-state index is -0.0134. The number of nitrogens with one attached hydrogen (secondary N) is 2. The lowest BCUT2D eigenvalue weighted by atomic mass is 10.0. The van der Waals surface area contributed by atoms with Crippen molar-refractivity contribution in [1.82, 2.24) is 19.9 Å². The molecule has 4 rings (SSSR count). The number of carbonyl (C=O) groups excluding carboxylic acids is 1. The van der Waals surface area contributed by atoms with Crippen molar-refractivity contribution < 1.29 is 9.90 Å². The Morgan fingerprint density at radius 1 is 1.41 bits per heavy atom. The van der Waals surface area contributed by atoms with Gasteiger partial charge in [0.2, 0.25) is 0 Å². The summed E-state index contributed by atoms with van der Waals surface area (Å²) >= 11 is 0. The van der Waals surface area contributed by atoms with Crippen LogP contribution in [0.2, 0.25) is 0 Å². The first-order chi connectivity index (χ1) is 10.6. The zero-order valence-electron chi connectivity index (χ0n) is 12.2. The predicted molar refractivity (Wildman–Crippen MR) is 81.7 cm³/mol. The van der Waals surface area contributed by atoms with Crippen LogP contribution in [0.3, 0.4) is 0 Å². The van der Waals surface area contributed by atoms with Gasteiger partial charge < -0.3 is 20.0 Å². The number of nitrogens with zero attached hydrogens (tertiary/aromatic N) is 2. The second-order valence-corrected chi connectivity index (χ2v) is 5.63. The number of para-hydroxylation sites is 1.